The van der Waals surface area contributed by atoms with Gasteiger partial charge in [0.25, 0.3) is 0 Å². The Labute approximate surface area is 99.8 Å². The highest BCUT2D eigenvalue weighted by molar-refractivity contribution is 5.92. The van der Waals surface area contributed by atoms with Gasteiger partial charge in [0.05, 0.1) is 0 Å². The fourth-order valence-electron chi connectivity index (χ4n) is 0.951. The minimum absolute atomic E-state index is 0. The van der Waals surface area contributed by atoms with Crippen molar-refractivity contribution >= 4 is 35.0 Å². The highest BCUT2D eigenvalue weighted by Crippen LogP contribution is 2.20. The van der Waals surface area contributed by atoms with Crippen LogP contribution in [0.15, 0.2) is 0 Å². The second-order valence-corrected chi connectivity index (χ2v) is 3.69. The molecule has 5 heteroatoms. The van der Waals surface area contributed by atoms with Gasteiger partial charge in [-0.1, -0.05) is 20.8 Å². The topological polar surface area (TPSA) is 74.6 Å². The van der Waals surface area contributed by atoms with Crippen molar-refractivity contribution in [1.82, 2.24) is 0 Å². The molecule has 1 atom stereocenters. The first kappa shape index (κ1) is 16.1. The lowest BCUT2D eigenvalue weighted by Crippen LogP contribution is -2.26. The van der Waals surface area contributed by atoms with Gasteiger partial charge < -0.3 is 10.2 Å². The summed E-state index contributed by atoms with van der Waals surface area (Å²) in [5.41, 5.74) is 0. The van der Waals surface area contributed by atoms with E-state index in [1.165, 1.54) is 0 Å². The highest BCUT2D eigenvalue weighted by Gasteiger charge is 2.28. The normalized spacial score (nSPS) is 12.4. The van der Waals surface area contributed by atoms with Crippen molar-refractivity contribution in [2.45, 2.75) is 27.2 Å². The first-order chi connectivity index (χ1) is 5.86. The van der Waals surface area contributed by atoms with Gasteiger partial charge in [0.2, 0.25) is 0 Å². The molecule has 0 aliphatic rings. The molecule has 0 bridgehead atoms. The number of rotatable bonds is 5. The summed E-state index contributed by atoms with van der Waals surface area (Å²) in [7, 11) is 0. The monoisotopic (exact) mass is 214 g/mol. The molecule has 0 amide bonds. The molecule has 0 radical (unpaired) electrons. The van der Waals surface area contributed by atoms with E-state index in [0.717, 1.165) is 0 Å². The Balaban J connectivity index is 0. The minimum atomic E-state index is -1.27. The van der Waals surface area contributed by atoms with Gasteiger partial charge >= 0.3 is 35.0 Å². The third-order valence-electron chi connectivity index (χ3n) is 2.34. The number of hydrogen-bond donors (Lipinski definition) is 2. The van der Waals surface area contributed by atoms with Crippen LogP contribution in [0.5, 0.6) is 0 Å². The summed E-state index contributed by atoms with van der Waals surface area (Å²) in [4.78, 5) is 21.0. The molecule has 0 aliphatic heterocycles. The average Bonchev–Trinajstić information content (AvgIpc) is 1.97. The fourth-order valence-corrected chi connectivity index (χ4v) is 0.951. The molecule has 4 nitrogen and oxygen atoms in total. The maximum Gasteiger partial charge on any atom is 0.317 e. The van der Waals surface area contributed by atoms with Gasteiger partial charge in [-0.15, -0.1) is 0 Å². The zero-order valence-electron chi connectivity index (χ0n) is 8.15. The van der Waals surface area contributed by atoms with Gasteiger partial charge in [0.1, 0.15) is 0 Å². The molecular weight excluding hydrogens is 196 g/mol. The molecule has 2 N–H and O–H groups in total. The van der Waals surface area contributed by atoms with Gasteiger partial charge in [-0.2, -0.15) is 0 Å². The average molecular weight is 215 g/mol. The van der Waals surface area contributed by atoms with Crippen molar-refractivity contribution < 1.29 is 19.8 Å². The van der Waals surface area contributed by atoms with Crippen LogP contribution in [0.1, 0.15) is 27.2 Å². The Kier molecular flexibility index (Phi) is 8.14. The SMILES string of the molecule is CC(C)C(C)CC(C(=O)O)C(=O)O.[MgH2]. The first-order valence-electron chi connectivity index (χ1n) is 4.31. The van der Waals surface area contributed by atoms with Crippen LogP contribution in [0.4, 0.5) is 0 Å². The van der Waals surface area contributed by atoms with E-state index in [1.807, 2.05) is 20.8 Å². The Hall–Kier alpha value is -0.294. The van der Waals surface area contributed by atoms with Crippen LogP contribution < -0.4 is 0 Å². The fraction of sp³-hybridized carbons (Fsp3) is 0.778. The molecule has 0 spiro atoms. The molecule has 0 saturated carbocycles. The first-order valence-corrected chi connectivity index (χ1v) is 4.31. The number of carbonyl (C=O) groups is 2. The van der Waals surface area contributed by atoms with Crippen LogP contribution in [-0.4, -0.2) is 45.2 Å². The second-order valence-electron chi connectivity index (χ2n) is 3.69. The van der Waals surface area contributed by atoms with Crippen molar-refractivity contribution in [3.8, 4) is 0 Å². The van der Waals surface area contributed by atoms with Crippen molar-refractivity contribution in [2.75, 3.05) is 0 Å². The predicted octanol–water partition coefficient (Wildman–Crippen LogP) is 0.538. The summed E-state index contributed by atoms with van der Waals surface area (Å²) in [6, 6.07) is 0. The predicted molar refractivity (Wildman–Crippen MR) is 55.9 cm³/mol. The number of carboxylic acids is 2. The van der Waals surface area contributed by atoms with Crippen molar-refractivity contribution in [3.63, 3.8) is 0 Å². The third kappa shape index (κ3) is 5.44. The molecule has 0 rings (SSSR count). The number of aliphatic carboxylic acids is 2. The summed E-state index contributed by atoms with van der Waals surface area (Å²) < 4.78 is 0. The second kappa shape index (κ2) is 7.06. The quantitative estimate of drug-likeness (QED) is 0.517. The summed E-state index contributed by atoms with van der Waals surface area (Å²) in [6.07, 6.45) is 0.197. The summed E-state index contributed by atoms with van der Waals surface area (Å²) in [6.45, 7) is 5.76. The van der Waals surface area contributed by atoms with E-state index >= 15 is 0 Å². The van der Waals surface area contributed by atoms with Gasteiger partial charge in [-0.25, -0.2) is 0 Å². The summed E-state index contributed by atoms with van der Waals surface area (Å²) in [5.74, 6) is -3.35. The summed E-state index contributed by atoms with van der Waals surface area (Å²) >= 11 is 0. The maximum atomic E-state index is 10.5. The van der Waals surface area contributed by atoms with Gasteiger partial charge in [-0.05, 0) is 18.3 Å². The Morgan fingerprint density at radius 3 is 1.64 bits per heavy atom. The van der Waals surface area contributed by atoms with Gasteiger partial charge in [-0.3, -0.25) is 9.59 Å². The van der Waals surface area contributed by atoms with Crippen LogP contribution in [0.25, 0.3) is 0 Å². The molecule has 1 unspecified atom stereocenters. The number of hydrogen-bond acceptors (Lipinski definition) is 2. The molecule has 0 aromatic carbocycles. The largest absolute Gasteiger partial charge is 0.481 e. The van der Waals surface area contributed by atoms with Crippen LogP contribution in [0.2, 0.25) is 0 Å². The molecule has 0 saturated heterocycles. The maximum absolute atomic E-state index is 10.5. The molecule has 0 aromatic rings. The third-order valence-corrected chi connectivity index (χ3v) is 2.34. The molecule has 0 fully saturated rings. The van der Waals surface area contributed by atoms with E-state index in [2.05, 4.69) is 0 Å². The molecule has 0 aliphatic carbocycles. The lowest BCUT2D eigenvalue weighted by atomic mass is 9.88. The molecule has 0 aromatic heterocycles. The van der Waals surface area contributed by atoms with E-state index in [-0.39, 0.29) is 35.4 Å². The smallest absolute Gasteiger partial charge is 0.317 e. The molecule has 80 valence electrons. The standard InChI is InChI=1S/C9H16O4.Mg.2H/c1-5(2)6(3)4-7(8(10)11)9(12)13;;;/h5-7H,4H2,1-3H3,(H,10,11)(H,12,13);;;. The number of carboxylic acid groups (broad SMARTS) is 2. The highest BCUT2D eigenvalue weighted by atomic mass is 24.3. The molecular formula is C9H18MgO4. The van der Waals surface area contributed by atoms with Crippen LogP contribution >= 0.6 is 0 Å². The van der Waals surface area contributed by atoms with Gasteiger partial charge in [0, 0.05) is 0 Å². The van der Waals surface area contributed by atoms with Crippen LogP contribution in [-0.2, 0) is 9.59 Å². The summed E-state index contributed by atoms with van der Waals surface area (Å²) in [5, 5.41) is 17.2. The van der Waals surface area contributed by atoms with E-state index in [9.17, 15) is 9.59 Å². The Morgan fingerprint density at radius 1 is 1.07 bits per heavy atom. The van der Waals surface area contributed by atoms with Gasteiger partial charge in [0.15, 0.2) is 5.92 Å². The van der Waals surface area contributed by atoms with E-state index in [0.29, 0.717) is 5.92 Å². The van der Waals surface area contributed by atoms with E-state index < -0.39 is 17.9 Å². The Morgan fingerprint density at radius 2 is 1.43 bits per heavy atom. The lowest BCUT2D eigenvalue weighted by molar-refractivity contribution is -0.155. The van der Waals surface area contributed by atoms with Crippen molar-refractivity contribution in [3.05, 3.63) is 0 Å². The molecule has 14 heavy (non-hydrogen) atoms. The molecule has 0 heterocycles. The zero-order chi connectivity index (χ0) is 10.6. The van der Waals surface area contributed by atoms with Crippen molar-refractivity contribution in [2.24, 2.45) is 17.8 Å². The van der Waals surface area contributed by atoms with Crippen LogP contribution in [0, 0.1) is 17.8 Å². The lowest BCUT2D eigenvalue weighted by Gasteiger charge is -2.17. The van der Waals surface area contributed by atoms with Crippen molar-refractivity contribution in [1.29, 1.82) is 0 Å². The minimum Gasteiger partial charge on any atom is -0.481 e. The van der Waals surface area contributed by atoms with Crippen LogP contribution in [0.3, 0.4) is 0 Å². The Bertz CT molecular complexity index is 189. The zero-order valence-corrected chi connectivity index (χ0v) is 8.15. The van der Waals surface area contributed by atoms with E-state index in [4.69, 9.17) is 10.2 Å². The van der Waals surface area contributed by atoms with E-state index in [1.54, 1.807) is 0 Å².